The van der Waals surface area contributed by atoms with E-state index in [-0.39, 0.29) is 11.7 Å². The predicted molar refractivity (Wildman–Crippen MR) is 98.0 cm³/mol. The summed E-state index contributed by atoms with van der Waals surface area (Å²) in [5, 5.41) is 3.92. The number of carbonyl (C=O) groups is 1. The molecule has 1 amide bonds. The van der Waals surface area contributed by atoms with Crippen molar-refractivity contribution in [2.45, 2.75) is 13.8 Å². The number of rotatable bonds is 3. The summed E-state index contributed by atoms with van der Waals surface area (Å²) in [5.41, 5.74) is 3.54. The molecule has 5 heteroatoms. The largest absolute Gasteiger partial charge is 0.451 e. The Morgan fingerprint density at radius 3 is 2.62 bits per heavy atom. The molecule has 0 aliphatic rings. The van der Waals surface area contributed by atoms with Crippen molar-refractivity contribution < 1.29 is 9.21 Å². The van der Waals surface area contributed by atoms with Crippen molar-refractivity contribution in [1.29, 1.82) is 0 Å². The number of hydrogen-bond donors (Lipinski definition) is 1. The standard InChI is InChI=1S/C19H15Cl2NO2/c1-11-4-3-5-16(12(11)2)22-19(23)18-9-8-17(24-18)14-10-13(20)6-7-15(14)21/h3-10H,1-2H3,(H,22,23). The zero-order valence-electron chi connectivity index (χ0n) is 13.2. The summed E-state index contributed by atoms with van der Waals surface area (Å²) in [5.74, 6) is 0.392. The van der Waals surface area contributed by atoms with E-state index in [1.54, 1.807) is 30.3 Å². The van der Waals surface area contributed by atoms with Gasteiger partial charge in [0, 0.05) is 16.3 Å². The number of halogens is 2. The molecule has 0 unspecified atom stereocenters. The molecule has 24 heavy (non-hydrogen) atoms. The summed E-state index contributed by atoms with van der Waals surface area (Å²) < 4.78 is 5.65. The Bertz CT molecular complexity index is 915. The van der Waals surface area contributed by atoms with Crippen molar-refractivity contribution in [3.05, 3.63) is 75.5 Å². The van der Waals surface area contributed by atoms with Crippen molar-refractivity contribution in [1.82, 2.24) is 0 Å². The van der Waals surface area contributed by atoms with Crippen LogP contribution in [0.1, 0.15) is 21.7 Å². The van der Waals surface area contributed by atoms with Gasteiger partial charge in [-0.3, -0.25) is 4.79 Å². The van der Waals surface area contributed by atoms with Crippen LogP contribution in [0, 0.1) is 13.8 Å². The number of nitrogens with one attached hydrogen (secondary N) is 1. The van der Waals surface area contributed by atoms with Gasteiger partial charge in [0.15, 0.2) is 5.76 Å². The van der Waals surface area contributed by atoms with Crippen LogP contribution < -0.4 is 5.32 Å². The molecule has 3 nitrogen and oxygen atoms in total. The fourth-order valence-corrected chi connectivity index (χ4v) is 2.74. The van der Waals surface area contributed by atoms with Crippen LogP contribution in [-0.4, -0.2) is 5.91 Å². The first-order valence-electron chi connectivity index (χ1n) is 7.38. The molecule has 2 aromatic carbocycles. The first kappa shape index (κ1) is 16.6. The highest BCUT2D eigenvalue weighted by atomic mass is 35.5. The van der Waals surface area contributed by atoms with Gasteiger partial charge in [-0.2, -0.15) is 0 Å². The van der Waals surface area contributed by atoms with E-state index in [0.29, 0.717) is 21.4 Å². The van der Waals surface area contributed by atoms with Crippen LogP contribution >= 0.6 is 23.2 Å². The maximum atomic E-state index is 12.4. The second-order valence-corrected chi connectivity index (χ2v) is 6.33. The maximum Gasteiger partial charge on any atom is 0.291 e. The molecule has 0 atom stereocenters. The average Bonchev–Trinajstić information content (AvgIpc) is 3.04. The van der Waals surface area contributed by atoms with Crippen molar-refractivity contribution in [3.8, 4) is 11.3 Å². The lowest BCUT2D eigenvalue weighted by atomic mass is 10.1. The molecule has 0 aliphatic carbocycles. The minimum Gasteiger partial charge on any atom is -0.451 e. The molecule has 3 rings (SSSR count). The van der Waals surface area contributed by atoms with E-state index in [2.05, 4.69) is 5.32 Å². The first-order valence-corrected chi connectivity index (χ1v) is 8.14. The molecule has 0 fully saturated rings. The maximum absolute atomic E-state index is 12.4. The fourth-order valence-electron chi connectivity index (χ4n) is 2.36. The highest BCUT2D eigenvalue weighted by Gasteiger charge is 2.15. The topological polar surface area (TPSA) is 42.2 Å². The van der Waals surface area contributed by atoms with Gasteiger partial charge in [-0.25, -0.2) is 0 Å². The lowest BCUT2D eigenvalue weighted by molar-refractivity contribution is 0.0997. The molecule has 0 bridgehead atoms. The molecule has 0 saturated carbocycles. The summed E-state index contributed by atoms with van der Waals surface area (Å²) in [6.07, 6.45) is 0. The van der Waals surface area contributed by atoms with Gasteiger partial charge >= 0.3 is 0 Å². The van der Waals surface area contributed by atoms with Gasteiger partial charge < -0.3 is 9.73 Å². The molecule has 0 saturated heterocycles. The van der Waals surface area contributed by atoms with Gasteiger partial charge in [0.1, 0.15) is 5.76 Å². The second kappa shape index (κ2) is 6.71. The Morgan fingerprint density at radius 2 is 1.83 bits per heavy atom. The molecule has 0 spiro atoms. The summed E-state index contributed by atoms with van der Waals surface area (Å²) in [4.78, 5) is 12.4. The molecule has 3 aromatic rings. The lowest BCUT2D eigenvalue weighted by Crippen LogP contribution is -2.12. The third kappa shape index (κ3) is 3.32. The molecular formula is C19H15Cl2NO2. The first-order chi connectivity index (χ1) is 11.5. The van der Waals surface area contributed by atoms with E-state index in [1.165, 1.54) is 0 Å². The van der Waals surface area contributed by atoms with Gasteiger partial charge in [-0.15, -0.1) is 0 Å². The smallest absolute Gasteiger partial charge is 0.291 e. The second-order valence-electron chi connectivity index (χ2n) is 5.49. The summed E-state index contributed by atoms with van der Waals surface area (Å²) in [7, 11) is 0. The van der Waals surface area contributed by atoms with Crippen molar-refractivity contribution in [3.63, 3.8) is 0 Å². The van der Waals surface area contributed by atoms with Crippen LogP contribution in [-0.2, 0) is 0 Å². The number of benzene rings is 2. The zero-order chi connectivity index (χ0) is 17.3. The molecular weight excluding hydrogens is 345 g/mol. The molecule has 0 aliphatic heterocycles. The van der Waals surface area contributed by atoms with Crippen molar-refractivity contribution in [2.75, 3.05) is 5.32 Å². The zero-order valence-corrected chi connectivity index (χ0v) is 14.7. The molecule has 1 N–H and O–H groups in total. The number of anilines is 1. The minimum absolute atomic E-state index is 0.210. The van der Waals surface area contributed by atoms with Crippen LogP contribution in [0.15, 0.2) is 52.9 Å². The number of aryl methyl sites for hydroxylation is 1. The van der Waals surface area contributed by atoms with Gasteiger partial charge in [0.25, 0.3) is 5.91 Å². The van der Waals surface area contributed by atoms with Crippen LogP contribution in [0.5, 0.6) is 0 Å². The monoisotopic (exact) mass is 359 g/mol. The van der Waals surface area contributed by atoms with Crippen LogP contribution in [0.4, 0.5) is 5.69 Å². The molecule has 1 aromatic heterocycles. The lowest BCUT2D eigenvalue weighted by Gasteiger charge is -2.09. The van der Waals surface area contributed by atoms with E-state index in [4.69, 9.17) is 27.6 Å². The van der Waals surface area contributed by atoms with E-state index >= 15 is 0 Å². The number of hydrogen-bond acceptors (Lipinski definition) is 2. The normalized spacial score (nSPS) is 10.7. The molecule has 0 radical (unpaired) electrons. The molecule has 122 valence electrons. The third-order valence-corrected chi connectivity index (χ3v) is 4.44. The van der Waals surface area contributed by atoms with Gasteiger partial charge in [0.05, 0.1) is 5.02 Å². The van der Waals surface area contributed by atoms with Gasteiger partial charge in [-0.1, -0.05) is 35.3 Å². The van der Waals surface area contributed by atoms with Crippen LogP contribution in [0.3, 0.4) is 0 Å². The summed E-state index contributed by atoms with van der Waals surface area (Å²) in [6.45, 7) is 3.96. The quantitative estimate of drug-likeness (QED) is 0.611. The average molecular weight is 360 g/mol. The number of carbonyl (C=O) groups excluding carboxylic acids is 1. The minimum atomic E-state index is -0.312. The van der Waals surface area contributed by atoms with Crippen molar-refractivity contribution in [2.24, 2.45) is 0 Å². The van der Waals surface area contributed by atoms with Gasteiger partial charge in [0.2, 0.25) is 0 Å². The Balaban J connectivity index is 1.86. The van der Waals surface area contributed by atoms with Crippen LogP contribution in [0.2, 0.25) is 10.0 Å². The number of furan rings is 1. The fraction of sp³-hybridized carbons (Fsp3) is 0.105. The van der Waals surface area contributed by atoms with Crippen LogP contribution in [0.25, 0.3) is 11.3 Å². The van der Waals surface area contributed by atoms with E-state index in [0.717, 1.165) is 16.8 Å². The third-order valence-electron chi connectivity index (χ3n) is 3.88. The Labute approximate surface area is 150 Å². The van der Waals surface area contributed by atoms with E-state index in [1.807, 2.05) is 32.0 Å². The highest BCUT2D eigenvalue weighted by molar-refractivity contribution is 6.35. The Morgan fingerprint density at radius 1 is 1.04 bits per heavy atom. The van der Waals surface area contributed by atoms with E-state index < -0.39 is 0 Å². The summed E-state index contributed by atoms with van der Waals surface area (Å²) in [6, 6.07) is 14.2. The SMILES string of the molecule is Cc1cccc(NC(=O)c2ccc(-c3cc(Cl)ccc3Cl)o2)c1C. The van der Waals surface area contributed by atoms with Gasteiger partial charge in [-0.05, 0) is 61.4 Å². The Hall–Kier alpha value is -2.23. The van der Waals surface area contributed by atoms with Crippen molar-refractivity contribution >= 4 is 34.8 Å². The number of amides is 1. The van der Waals surface area contributed by atoms with E-state index in [9.17, 15) is 4.79 Å². The predicted octanol–water partition coefficient (Wildman–Crippen LogP) is 6.12. The Kier molecular flexibility index (Phi) is 4.65. The summed E-state index contributed by atoms with van der Waals surface area (Å²) >= 11 is 12.2. The highest BCUT2D eigenvalue weighted by Crippen LogP contribution is 2.32. The molecule has 1 heterocycles.